The number of allylic oxidation sites excluding steroid dienone is 1. The molecule has 3 rings (SSSR count). The van der Waals surface area contributed by atoms with Gasteiger partial charge in [-0.3, -0.25) is 4.79 Å². The highest BCUT2D eigenvalue weighted by molar-refractivity contribution is 7.89. The number of rotatable bonds is 2. The van der Waals surface area contributed by atoms with E-state index in [1.54, 1.807) is 36.4 Å². The van der Waals surface area contributed by atoms with Gasteiger partial charge in [0.1, 0.15) is 6.07 Å². The lowest BCUT2D eigenvalue weighted by Gasteiger charge is -2.38. The maximum atomic E-state index is 12.8. The van der Waals surface area contributed by atoms with Crippen LogP contribution in [-0.4, -0.2) is 31.6 Å². The third-order valence-corrected chi connectivity index (χ3v) is 6.82. The minimum Gasteiger partial charge on any atom is -0.293 e. The molecule has 1 heterocycles. The van der Waals surface area contributed by atoms with Gasteiger partial charge in [0.05, 0.1) is 10.5 Å². The Kier molecular flexibility index (Phi) is 3.89. The molecule has 24 heavy (non-hydrogen) atoms. The number of hydrogen-bond acceptors (Lipinski definition) is 4. The first-order valence-corrected chi connectivity index (χ1v) is 9.37. The Morgan fingerprint density at radius 3 is 2.50 bits per heavy atom. The summed E-state index contributed by atoms with van der Waals surface area (Å²) < 4.78 is 27.1. The second-order valence-corrected chi connectivity index (χ2v) is 9.26. The molecule has 1 aromatic rings. The van der Waals surface area contributed by atoms with Gasteiger partial charge in [-0.2, -0.15) is 9.57 Å². The minimum absolute atomic E-state index is 0.153. The summed E-state index contributed by atoms with van der Waals surface area (Å²) in [5.74, 6) is -0.153. The molecule has 0 aromatic heterocycles. The lowest BCUT2D eigenvalue weighted by atomic mass is 9.64. The van der Waals surface area contributed by atoms with Crippen LogP contribution < -0.4 is 0 Å². The Labute approximate surface area is 142 Å². The molecule has 1 atom stereocenters. The van der Waals surface area contributed by atoms with E-state index in [-0.39, 0.29) is 16.3 Å². The molecule has 0 radical (unpaired) electrons. The van der Waals surface area contributed by atoms with E-state index >= 15 is 0 Å². The van der Waals surface area contributed by atoms with Crippen LogP contribution in [0.1, 0.15) is 26.7 Å². The average molecular weight is 344 g/mol. The van der Waals surface area contributed by atoms with Gasteiger partial charge in [0, 0.05) is 23.9 Å². The van der Waals surface area contributed by atoms with Crippen molar-refractivity contribution in [2.45, 2.75) is 31.6 Å². The number of sulfonamides is 1. The Morgan fingerprint density at radius 2 is 1.88 bits per heavy atom. The molecule has 1 saturated heterocycles. The molecule has 0 N–H and O–H groups in total. The first-order chi connectivity index (χ1) is 11.2. The van der Waals surface area contributed by atoms with Gasteiger partial charge in [-0.25, -0.2) is 8.42 Å². The Hall–Kier alpha value is -1.97. The van der Waals surface area contributed by atoms with Crippen molar-refractivity contribution in [3.8, 4) is 6.07 Å². The number of carbonyl (C=O) groups excluding carboxylic acids is 1. The molecule has 0 amide bonds. The van der Waals surface area contributed by atoms with Gasteiger partial charge >= 0.3 is 0 Å². The van der Waals surface area contributed by atoms with Crippen molar-refractivity contribution in [2.24, 2.45) is 10.8 Å². The molecule has 1 aliphatic heterocycles. The minimum atomic E-state index is -3.55. The maximum Gasteiger partial charge on any atom is 0.243 e. The van der Waals surface area contributed by atoms with E-state index < -0.39 is 20.9 Å². The number of ketones is 1. The lowest BCUT2D eigenvalue weighted by Crippen LogP contribution is -2.40. The summed E-state index contributed by atoms with van der Waals surface area (Å²) >= 11 is 0. The second kappa shape index (κ2) is 5.54. The molecular weight excluding hydrogens is 324 g/mol. The van der Waals surface area contributed by atoms with Crippen LogP contribution >= 0.6 is 0 Å². The first kappa shape index (κ1) is 16.9. The maximum absolute atomic E-state index is 12.8. The molecule has 1 unspecified atom stereocenters. The van der Waals surface area contributed by atoms with Crippen LogP contribution in [0.4, 0.5) is 0 Å². The largest absolute Gasteiger partial charge is 0.293 e. The fourth-order valence-corrected chi connectivity index (χ4v) is 5.45. The van der Waals surface area contributed by atoms with Gasteiger partial charge in [-0.05, 0) is 25.0 Å². The molecule has 2 aliphatic rings. The van der Waals surface area contributed by atoms with E-state index in [4.69, 9.17) is 0 Å². The molecular formula is C18H20N2O3S. The van der Waals surface area contributed by atoms with Crippen LogP contribution in [0.2, 0.25) is 0 Å². The van der Waals surface area contributed by atoms with Crippen LogP contribution in [-0.2, 0) is 14.8 Å². The van der Waals surface area contributed by atoms with Gasteiger partial charge in [-0.1, -0.05) is 38.1 Å². The summed E-state index contributed by atoms with van der Waals surface area (Å²) in [7, 11) is -3.55. The van der Waals surface area contributed by atoms with Gasteiger partial charge < -0.3 is 0 Å². The zero-order valence-electron chi connectivity index (χ0n) is 13.8. The Bertz CT molecular complexity index is 850. The topological polar surface area (TPSA) is 78.2 Å². The van der Waals surface area contributed by atoms with Crippen molar-refractivity contribution in [2.75, 3.05) is 13.1 Å². The molecule has 1 spiro atoms. The third-order valence-electron chi connectivity index (χ3n) is 4.96. The zero-order chi connectivity index (χ0) is 17.6. The predicted octanol–water partition coefficient (Wildman–Crippen LogP) is 2.52. The van der Waals surface area contributed by atoms with E-state index in [1.165, 1.54) is 4.31 Å². The molecule has 0 bridgehead atoms. The molecule has 1 fully saturated rings. The van der Waals surface area contributed by atoms with Crippen molar-refractivity contribution in [1.29, 1.82) is 5.26 Å². The number of nitrogens with zero attached hydrogens (tertiary/aromatic N) is 2. The van der Waals surface area contributed by atoms with Crippen molar-refractivity contribution in [1.82, 2.24) is 4.31 Å². The van der Waals surface area contributed by atoms with E-state index in [0.29, 0.717) is 25.9 Å². The summed E-state index contributed by atoms with van der Waals surface area (Å²) in [6.45, 7) is 4.37. The highest BCUT2D eigenvalue weighted by atomic mass is 32.2. The highest BCUT2D eigenvalue weighted by Crippen LogP contribution is 2.48. The van der Waals surface area contributed by atoms with E-state index in [9.17, 15) is 18.5 Å². The van der Waals surface area contributed by atoms with E-state index in [0.717, 1.165) is 0 Å². The molecule has 6 heteroatoms. The second-order valence-electron chi connectivity index (χ2n) is 7.32. The standard InChI is InChI=1S/C18H20N2O3S/c1-17(2)12-18(10-14(11-19)16(17)21)8-9-20(13-18)24(22,23)15-6-4-3-5-7-15/h3-7,10H,8-9,12-13H2,1-2H3. The number of carbonyl (C=O) groups is 1. The summed E-state index contributed by atoms with van der Waals surface area (Å²) in [4.78, 5) is 12.6. The monoisotopic (exact) mass is 344 g/mol. The van der Waals surface area contributed by atoms with Gasteiger partial charge in [-0.15, -0.1) is 0 Å². The summed E-state index contributed by atoms with van der Waals surface area (Å²) in [6, 6.07) is 10.4. The van der Waals surface area contributed by atoms with Crippen molar-refractivity contribution in [3.05, 3.63) is 42.0 Å². The number of benzene rings is 1. The molecule has 126 valence electrons. The Morgan fingerprint density at radius 1 is 1.21 bits per heavy atom. The van der Waals surface area contributed by atoms with Crippen LogP contribution in [0.15, 0.2) is 46.9 Å². The SMILES string of the molecule is CC1(C)CC2(C=C(C#N)C1=O)CCN(S(=O)(=O)c1ccccc1)C2. The van der Waals surface area contributed by atoms with Gasteiger partial charge in [0.25, 0.3) is 0 Å². The summed E-state index contributed by atoms with van der Waals surface area (Å²) in [6.07, 6.45) is 2.90. The lowest BCUT2D eigenvalue weighted by molar-refractivity contribution is -0.125. The van der Waals surface area contributed by atoms with E-state index in [2.05, 4.69) is 0 Å². The fraction of sp³-hybridized carbons (Fsp3) is 0.444. The first-order valence-electron chi connectivity index (χ1n) is 7.93. The van der Waals surface area contributed by atoms with Crippen molar-refractivity contribution in [3.63, 3.8) is 0 Å². The Balaban J connectivity index is 1.94. The van der Waals surface area contributed by atoms with Crippen LogP contribution in [0.5, 0.6) is 0 Å². The number of Topliss-reactive ketones (excluding diaryl/α,β-unsaturated/α-hetero) is 1. The van der Waals surface area contributed by atoms with Crippen LogP contribution in [0, 0.1) is 22.2 Å². The van der Waals surface area contributed by atoms with Gasteiger partial charge in [0.2, 0.25) is 10.0 Å². The third kappa shape index (κ3) is 2.68. The number of nitriles is 1. The van der Waals surface area contributed by atoms with Crippen molar-refractivity contribution < 1.29 is 13.2 Å². The van der Waals surface area contributed by atoms with E-state index in [1.807, 2.05) is 19.9 Å². The average Bonchev–Trinajstić information content (AvgIpc) is 2.95. The molecule has 5 nitrogen and oxygen atoms in total. The van der Waals surface area contributed by atoms with Crippen LogP contribution in [0.25, 0.3) is 0 Å². The quantitative estimate of drug-likeness (QED) is 0.826. The highest BCUT2D eigenvalue weighted by Gasteiger charge is 2.50. The molecule has 0 saturated carbocycles. The zero-order valence-corrected chi connectivity index (χ0v) is 14.6. The molecule has 1 aromatic carbocycles. The normalized spacial score (nSPS) is 27.0. The van der Waals surface area contributed by atoms with Crippen LogP contribution in [0.3, 0.4) is 0 Å². The summed E-state index contributed by atoms with van der Waals surface area (Å²) in [5, 5.41) is 9.27. The van der Waals surface area contributed by atoms with Gasteiger partial charge in [0.15, 0.2) is 5.78 Å². The summed E-state index contributed by atoms with van der Waals surface area (Å²) in [5.41, 5.74) is -0.929. The smallest absolute Gasteiger partial charge is 0.243 e. The van der Waals surface area contributed by atoms with Crippen molar-refractivity contribution >= 4 is 15.8 Å². The predicted molar refractivity (Wildman–Crippen MR) is 89.4 cm³/mol. The fourth-order valence-electron chi connectivity index (χ4n) is 3.90. The number of hydrogen-bond donors (Lipinski definition) is 0. The molecule has 1 aliphatic carbocycles.